The summed E-state index contributed by atoms with van der Waals surface area (Å²) in [6.07, 6.45) is 0. The molecule has 0 amide bonds. The van der Waals surface area contributed by atoms with Crippen molar-refractivity contribution in [2.45, 2.75) is 6.92 Å². The van der Waals surface area contributed by atoms with Gasteiger partial charge in [-0.2, -0.15) is 0 Å². The predicted octanol–water partition coefficient (Wildman–Crippen LogP) is 1.99. The number of benzene rings is 1. The van der Waals surface area contributed by atoms with Gasteiger partial charge in [-0.05, 0) is 18.6 Å². The van der Waals surface area contributed by atoms with Crippen LogP contribution >= 0.6 is 23.2 Å². The molecule has 11 heavy (non-hydrogen) atoms. The molecular weight excluding hydrogens is 185 g/mol. The second-order valence-corrected chi connectivity index (χ2v) is 2.99. The number of halogens is 2. The summed E-state index contributed by atoms with van der Waals surface area (Å²) in [5, 5.41) is 11.3. The third-order valence-corrected chi connectivity index (χ3v) is 2.27. The number of rotatable bonds is 1. The fraction of sp³-hybridized carbons (Fsp3) is 0.143. The van der Waals surface area contributed by atoms with Gasteiger partial charge in [0.25, 0.3) is 0 Å². The molecule has 0 aromatic heterocycles. The van der Waals surface area contributed by atoms with Crippen LogP contribution in [0.3, 0.4) is 0 Å². The van der Waals surface area contributed by atoms with Crippen LogP contribution in [0.2, 0.25) is 10.0 Å². The normalized spacial score (nSPS) is 10.2. The molecule has 2 nitrogen and oxygen atoms in total. The Labute approximate surface area is 74.7 Å². The molecule has 0 heterocycles. The lowest BCUT2D eigenvalue weighted by molar-refractivity contribution is -0.496. The lowest BCUT2D eigenvalue weighted by atomic mass is 10.2. The Kier molecular flexibility index (Phi) is 2.73. The molecule has 1 rings (SSSR count). The van der Waals surface area contributed by atoms with Gasteiger partial charge in [0.2, 0.25) is 0 Å². The highest BCUT2D eigenvalue weighted by Crippen LogP contribution is 2.28. The standard InChI is InChI=1S/C7H7Cl2NO/c1-4-2-3-5(8)7(10-11)6(4)9/h2-3H,10H2,1H3. The average Bonchev–Trinajstić information content (AvgIpc) is 1.99. The fourth-order valence-corrected chi connectivity index (χ4v) is 1.25. The third-order valence-electron chi connectivity index (χ3n) is 1.44. The van der Waals surface area contributed by atoms with Crippen LogP contribution in [0, 0.1) is 12.1 Å². The molecular formula is C7H7Cl2NO. The van der Waals surface area contributed by atoms with Gasteiger partial charge >= 0.3 is 0 Å². The Morgan fingerprint density at radius 3 is 2.45 bits per heavy atom. The summed E-state index contributed by atoms with van der Waals surface area (Å²) in [7, 11) is 0. The molecule has 0 saturated heterocycles. The van der Waals surface area contributed by atoms with Gasteiger partial charge in [-0.3, -0.25) is 0 Å². The molecule has 0 aliphatic carbocycles. The fourth-order valence-electron chi connectivity index (χ4n) is 0.786. The smallest absolute Gasteiger partial charge is 0.167 e. The first kappa shape index (κ1) is 8.81. The molecule has 60 valence electrons. The highest BCUT2D eigenvalue weighted by Gasteiger charge is 2.08. The van der Waals surface area contributed by atoms with Gasteiger partial charge in [-0.25, -0.2) is 0 Å². The number of nitrogens with two attached hydrogens (primary N) is 1. The highest BCUT2D eigenvalue weighted by atomic mass is 35.5. The number of hydrogen-bond donors (Lipinski definition) is 1. The lowest BCUT2D eigenvalue weighted by Crippen LogP contribution is -2.70. The van der Waals surface area contributed by atoms with Crippen LogP contribution in [-0.4, -0.2) is 0 Å². The first-order valence-electron chi connectivity index (χ1n) is 3.06. The summed E-state index contributed by atoms with van der Waals surface area (Å²) < 4.78 is 0. The van der Waals surface area contributed by atoms with Crippen molar-refractivity contribution in [3.63, 3.8) is 0 Å². The van der Waals surface area contributed by atoms with Gasteiger partial charge in [-0.15, -0.1) is 0 Å². The maximum Gasteiger partial charge on any atom is 0.167 e. The van der Waals surface area contributed by atoms with Crippen LogP contribution in [0.4, 0.5) is 5.69 Å². The second-order valence-electron chi connectivity index (χ2n) is 2.21. The zero-order valence-corrected chi connectivity index (χ0v) is 7.41. The number of hydrogen-bond acceptors (Lipinski definition) is 1. The van der Waals surface area contributed by atoms with Crippen molar-refractivity contribution in [3.8, 4) is 0 Å². The molecule has 2 N–H and O–H groups in total. The first-order valence-corrected chi connectivity index (χ1v) is 3.82. The molecule has 0 bridgehead atoms. The quantitative estimate of drug-likeness (QED) is 0.536. The maximum absolute atomic E-state index is 10.4. The van der Waals surface area contributed by atoms with Crippen LogP contribution in [0.25, 0.3) is 0 Å². The average molecular weight is 192 g/mol. The molecule has 0 unspecified atom stereocenters. The molecule has 0 radical (unpaired) electrons. The van der Waals surface area contributed by atoms with Crippen LogP contribution in [-0.2, 0) is 0 Å². The summed E-state index contributed by atoms with van der Waals surface area (Å²) >= 11 is 11.5. The van der Waals surface area contributed by atoms with Crippen LogP contribution < -0.4 is 5.48 Å². The molecule has 0 saturated carbocycles. The Balaban J connectivity index is 3.29. The monoisotopic (exact) mass is 191 g/mol. The summed E-state index contributed by atoms with van der Waals surface area (Å²) in [4.78, 5) is 0. The van der Waals surface area contributed by atoms with E-state index in [1.807, 2.05) is 6.92 Å². The summed E-state index contributed by atoms with van der Waals surface area (Å²) in [6, 6.07) is 3.43. The lowest BCUT2D eigenvalue weighted by Gasteiger charge is -2.07. The van der Waals surface area contributed by atoms with E-state index in [2.05, 4.69) is 0 Å². The van der Waals surface area contributed by atoms with Gasteiger partial charge in [0.15, 0.2) is 5.69 Å². The Morgan fingerprint density at radius 2 is 2.00 bits per heavy atom. The summed E-state index contributed by atoms with van der Waals surface area (Å²) in [5.41, 5.74) is 1.89. The van der Waals surface area contributed by atoms with Crippen LogP contribution in [0.5, 0.6) is 0 Å². The van der Waals surface area contributed by atoms with E-state index in [9.17, 15) is 5.21 Å². The van der Waals surface area contributed by atoms with Crippen molar-refractivity contribution >= 4 is 28.9 Å². The van der Waals surface area contributed by atoms with Crippen molar-refractivity contribution in [1.82, 2.24) is 0 Å². The van der Waals surface area contributed by atoms with Gasteiger partial charge in [-0.1, -0.05) is 29.3 Å². The summed E-state index contributed by atoms with van der Waals surface area (Å²) in [5.74, 6) is 0. The van der Waals surface area contributed by atoms with Crippen LogP contribution in [0.15, 0.2) is 12.1 Å². The minimum atomic E-state index is 0.369. The van der Waals surface area contributed by atoms with Crippen molar-refractivity contribution in [1.29, 1.82) is 0 Å². The number of quaternary nitrogens is 1. The van der Waals surface area contributed by atoms with E-state index in [0.717, 1.165) is 5.56 Å². The zero-order chi connectivity index (χ0) is 8.43. The summed E-state index contributed by atoms with van der Waals surface area (Å²) in [6.45, 7) is 1.83. The topological polar surface area (TPSA) is 39.7 Å². The zero-order valence-electron chi connectivity index (χ0n) is 5.90. The molecule has 1 aromatic rings. The van der Waals surface area contributed by atoms with E-state index in [1.54, 1.807) is 12.1 Å². The van der Waals surface area contributed by atoms with Gasteiger partial charge < -0.3 is 10.7 Å². The van der Waals surface area contributed by atoms with Crippen molar-refractivity contribution in [2.24, 2.45) is 0 Å². The van der Waals surface area contributed by atoms with Gasteiger partial charge in [0.05, 0.1) is 0 Å². The number of aryl methyl sites for hydroxylation is 1. The first-order chi connectivity index (χ1) is 5.16. The predicted molar refractivity (Wildman–Crippen MR) is 46.2 cm³/mol. The Bertz CT molecular complexity index is 275. The van der Waals surface area contributed by atoms with Crippen molar-refractivity contribution < 1.29 is 5.48 Å². The van der Waals surface area contributed by atoms with Gasteiger partial charge in [0.1, 0.15) is 10.0 Å². The van der Waals surface area contributed by atoms with E-state index < -0.39 is 0 Å². The van der Waals surface area contributed by atoms with Crippen molar-refractivity contribution in [3.05, 3.63) is 32.9 Å². The maximum atomic E-state index is 10.4. The largest absolute Gasteiger partial charge is 0.630 e. The minimum absolute atomic E-state index is 0.369. The van der Waals surface area contributed by atoms with E-state index in [0.29, 0.717) is 21.2 Å². The Morgan fingerprint density at radius 1 is 1.36 bits per heavy atom. The Hall–Kier alpha value is -0.280. The van der Waals surface area contributed by atoms with E-state index >= 15 is 0 Å². The van der Waals surface area contributed by atoms with E-state index in [1.165, 1.54) is 0 Å². The SMILES string of the molecule is Cc1ccc(Cl)c([NH2+][O-])c1Cl. The minimum Gasteiger partial charge on any atom is -0.630 e. The third kappa shape index (κ3) is 1.65. The van der Waals surface area contributed by atoms with Crippen molar-refractivity contribution in [2.75, 3.05) is 0 Å². The van der Waals surface area contributed by atoms with E-state index in [-0.39, 0.29) is 0 Å². The molecule has 0 spiro atoms. The molecule has 0 fully saturated rings. The molecule has 0 atom stereocenters. The molecule has 1 aromatic carbocycles. The highest BCUT2D eigenvalue weighted by molar-refractivity contribution is 6.38. The van der Waals surface area contributed by atoms with Crippen LogP contribution in [0.1, 0.15) is 5.56 Å². The van der Waals surface area contributed by atoms with Gasteiger partial charge in [0, 0.05) is 0 Å². The molecule has 0 aliphatic heterocycles. The van der Waals surface area contributed by atoms with E-state index in [4.69, 9.17) is 23.2 Å². The molecule has 0 aliphatic rings. The second kappa shape index (κ2) is 3.41. The molecule has 4 heteroatoms.